The van der Waals surface area contributed by atoms with Gasteiger partial charge in [0.25, 0.3) is 0 Å². The van der Waals surface area contributed by atoms with Crippen molar-refractivity contribution < 1.29 is 28.3 Å². The number of benzene rings is 2. The number of carboxylic acids is 1. The van der Waals surface area contributed by atoms with Crippen LogP contribution in [0.2, 0.25) is 0 Å². The molecule has 2 aromatic carbocycles. The molecule has 29 heavy (non-hydrogen) atoms. The second kappa shape index (κ2) is 11.5. The van der Waals surface area contributed by atoms with Crippen molar-refractivity contribution in [1.82, 2.24) is 5.32 Å². The number of nitrogens with one attached hydrogen (secondary N) is 1. The van der Waals surface area contributed by atoms with Gasteiger partial charge in [-0.1, -0.05) is 60.7 Å². The highest BCUT2D eigenvalue weighted by atomic mass is 31.2. The van der Waals surface area contributed by atoms with Gasteiger partial charge < -0.3 is 14.9 Å². The van der Waals surface area contributed by atoms with Crippen molar-refractivity contribution in [2.75, 3.05) is 13.2 Å². The van der Waals surface area contributed by atoms with E-state index >= 15 is 0 Å². The minimum absolute atomic E-state index is 0.0371. The molecule has 0 aliphatic rings. The summed E-state index contributed by atoms with van der Waals surface area (Å²) in [7, 11) is -3.62. The Balaban J connectivity index is 2.18. The average molecular weight is 419 g/mol. The van der Waals surface area contributed by atoms with E-state index in [1.54, 1.807) is 6.92 Å². The summed E-state index contributed by atoms with van der Waals surface area (Å²) in [5, 5.41) is 11.3. The van der Waals surface area contributed by atoms with Gasteiger partial charge >= 0.3 is 13.6 Å². The van der Waals surface area contributed by atoms with Gasteiger partial charge in [-0.15, -0.1) is 0 Å². The van der Waals surface area contributed by atoms with Crippen LogP contribution in [0.15, 0.2) is 60.7 Å². The molecule has 1 unspecified atom stereocenters. The molecule has 0 aliphatic carbocycles. The zero-order valence-corrected chi connectivity index (χ0v) is 17.2. The summed E-state index contributed by atoms with van der Waals surface area (Å²) in [5.74, 6) is -1.54. The Labute approximate surface area is 170 Å². The molecule has 7 nitrogen and oxygen atoms in total. The Morgan fingerprint density at radius 1 is 1.03 bits per heavy atom. The fourth-order valence-corrected chi connectivity index (χ4v) is 4.56. The van der Waals surface area contributed by atoms with Gasteiger partial charge in [0.15, 0.2) is 0 Å². The largest absolute Gasteiger partial charge is 0.481 e. The molecule has 2 aromatic rings. The molecular formula is C21H26NO6P. The minimum Gasteiger partial charge on any atom is -0.481 e. The highest BCUT2D eigenvalue weighted by molar-refractivity contribution is 7.53. The predicted molar refractivity (Wildman–Crippen MR) is 110 cm³/mol. The van der Waals surface area contributed by atoms with Gasteiger partial charge in [0.2, 0.25) is 5.91 Å². The summed E-state index contributed by atoms with van der Waals surface area (Å²) in [5.41, 5.74) is 1.60. The van der Waals surface area contributed by atoms with Crippen molar-refractivity contribution in [1.29, 1.82) is 0 Å². The Morgan fingerprint density at radius 3 is 2.17 bits per heavy atom. The van der Waals surface area contributed by atoms with Crippen molar-refractivity contribution in [3.63, 3.8) is 0 Å². The van der Waals surface area contributed by atoms with Crippen LogP contribution >= 0.6 is 7.60 Å². The lowest BCUT2D eigenvalue weighted by Gasteiger charge is -2.24. The van der Waals surface area contributed by atoms with Crippen molar-refractivity contribution in [2.24, 2.45) is 0 Å². The summed E-state index contributed by atoms with van der Waals surface area (Å²) in [6, 6.07) is 18.3. The van der Waals surface area contributed by atoms with Crippen molar-refractivity contribution in [2.45, 2.75) is 32.0 Å². The van der Waals surface area contributed by atoms with Gasteiger partial charge in [-0.3, -0.25) is 18.7 Å². The third-order valence-electron chi connectivity index (χ3n) is 4.03. The van der Waals surface area contributed by atoms with Crippen LogP contribution in [0.25, 0.3) is 0 Å². The van der Waals surface area contributed by atoms with Gasteiger partial charge in [-0.2, -0.15) is 0 Å². The van der Waals surface area contributed by atoms with E-state index in [2.05, 4.69) is 5.32 Å². The predicted octanol–water partition coefficient (Wildman–Crippen LogP) is 3.64. The fourth-order valence-electron chi connectivity index (χ4n) is 2.72. The molecule has 0 radical (unpaired) electrons. The van der Waals surface area contributed by atoms with Crippen molar-refractivity contribution in [3.05, 3.63) is 71.8 Å². The van der Waals surface area contributed by atoms with Crippen LogP contribution in [0.4, 0.5) is 0 Å². The maximum absolute atomic E-state index is 13.4. The molecule has 0 saturated heterocycles. The van der Waals surface area contributed by atoms with Crippen molar-refractivity contribution in [3.8, 4) is 0 Å². The second-order valence-corrected chi connectivity index (χ2v) is 8.40. The van der Waals surface area contributed by atoms with Gasteiger partial charge in [0, 0.05) is 13.0 Å². The number of carbonyl (C=O) groups excluding carboxylic acids is 1. The van der Waals surface area contributed by atoms with Crippen LogP contribution in [0, 0.1) is 0 Å². The van der Waals surface area contributed by atoms with E-state index in [-0.39, 0.29) is 32.2 Å². The summed E-state index contributed by atoms with van der Waals surface area (Å²) in [6.07, 6.45) is -1.06. The first-order valence-corrected chi connectivity index (χ1v) is 11.1. The minimum atomic E-state index is -3.62. The van der Waals surface area contributed by atoms with Crippen molar-refractivity contribution >= 4 is 19.5 Å². The molecule has 1 amide bonds. The summed E-state index contributed by atoms with van der Waals surface area (Å²) in [6.45, 7) is 1.84. The van der Waals surface area contributed by atoms with E-state index in [0.717, 1.165) is 11.1 Å². The Bertz CT molecular complexity index is 828. The smallest absolute Gasteiger partial charge is 0.335 e. The van der Waals surface area contributed by atoms with Gasteiger partial charge in [0.1, 0.15) is 6.10 Å². The molecule has 0 aromatic heterocycles. The quantitative estimate of drug-likeness (QED) is 0.510. The van der Waals surface area contributed by atoms with E-state index in [1.165, 1.54) is 0 Å². The number of carboxylic acid groups (broad SMARTS) is 1. The van der Waals surface area contributed by atoms with E-state index in [1.807, 2.05) is 60.7 Å². The summed E-state index contributed by atoms with van der Waals surface area (Å²) >= 11 is 0. The first kappa shape index (κ1) is 22.8. The summed E-state index contributed by atoms with van der Waals surface area (Å²) < 4.78 is 24.6. The number of hydrogen-bond donors (Lipinski definition) is 2. The molecule has 2 N–H and O–H groups in total. The Hall–Kier alpha value is -2.47. The van der Waals surface area contributed by atoms with Crippen LogP contribution in [-0.2, 0) is 35.8 Å². The molecule has 2 rings (SSSR count). The first-order valence-electron chi connectivity index (χ1n) is 9.41. The van der Waals surface area contributed by atoms with Gasteiger partial charge in [-0.25, -0.2) is 0 Å². The van der Waals surface area contributed by atoms with E-state index in [4.69, 9.17) is 14.2 Å². The van der Waals surface area contributed by atoms with Crippen LogP contribution in [0.5, 0.6) is 0 Å². The average Bonchev–Trinajstić information content (AvgIpc) is 2.69. The molecular weight excluding hydrogens is 393 g/mol. The first-order chi connectivity index (χ1) is 13.9. The fraction of sp³-hybridized carbons (Fsp3) is 0.333. The molecule has 8 heteroatoms. The zero-order valence-electron chi connectivity index (χ0n) is 16.3. The van der Waals surface area contributed by atoms with Crippen LogP contribution < -0.4 is 5.32 Å². The molecule has 2 atom stereocenters. The van der Waals surface area contributed by atoms with E-state index < -0.39 is 25.6 Å². The molecule has 0 spiro atoms. The lowest BCUT2D eigenvalue weighted by atomic mass is 10.1. The molecule has 0 fully saturated rings. The highest BCUT2D eigenvalue weighted by Crippen LogP contribution is 2.52. The van der Waals surface area contributed by atoms with E-state index in [9.17, 15) is 14.2 Å². The number of carbonyl (C=O) groups is 2. The molecule has 156 valence electrons. The summed E-state index contributed by atoms with van der Waals surface area (Å²) in [4.78, 5) is 23.4. The number of hydrogen-bond acceptors (Lipinski definition) is 5. The molecule has 0 heterocycles. The number of amides is 1. The molecule has 0 saturated carbocycles. The standard InChI is InChI=1S/C21H26NO6P/c1-2-27-29(26,16-18-11-7-4-8-12-18)28-19(15-17-9-5-3-6-10-17)21(25)22-14-13-20(23)24/h3-12,19H,2,13-16H2,1H3,(H,22,25)(H,23,24)/t19-,29?/m0/s1. The lowest BCUT2D eigenvalue weighted by Crippen LogP contribution is -2.38. The monoisotopic (exact) mass is 419 g/mol. The van der Waals surface area contributed by atoms with Crippen LogP contribution in [-0.4, -0.2) is 36.2 Å². The van der Waals surface area contributed by atoms with Gasteiger partial charge in [0.05, 0.1) is 19.2 Å². The molecule has 0 bridgehead atoms. The zero-order chi connectivity index (χ0) is 21.1. The normalized spacial score (nSPS) is 14.0. The molecule has 0 aliphatic heterocycles. The number of aliphatic carboxylic acids is 1. The maximum atomic E-state index is 13.4. The number of rotatable bonds is 12. The van der Waals surface area contributed by atoms with Crippen LogP contribution in [0.3, 0.4) is 0 Å². The third-order valence-corrected chi connectivity index (χ3v) is 6.01. The highest BCUT2D eigenvalue weighted by Gasteiger charge is 2.32. The Kier molecular flexibility index (Phi) is 9.06. The Morgan fingerprint density at radius 2 is 1.62 bits per heavy atom. The van der Waals surface area contributed by atoms with E-state index in [0.29, 0.717) is 0 Å². The topological polar surface area (TPSA) is 102 Å². The van der Waals surface area contributed by atoms with Gasteiger partial charge in [-0.05, 0) is 18.1 Å². The van der Waals surface area contributed by atoms with Crippen LogP contribution in [0.1, 0.15) is 24.5 Å². The maximum Gasteiger partial charge on any atom is 0.335 e. The lowest BCUT2D eigenvalue weighted by molar-refractivity contribution is -0.137. The third kappa shape index (κ3) is 8.20. The second-order valence-electron chi connectivity index (χ2n) is 6.39. The SMILES string of the molecule is CCOP(=O)(Cc1ccccc1)O[C@@H](Cc1ccccc1)C(=O)NCCC(=O)O.